The van der Waals surface area contributed by atoms with E-state index in [4.69, 9.17) is 11.5 Å². The molecule has 8 fully saturated rings. The van der Waals surface area contributed by atoms with Gasteiger partial charge in [0.2, 0.25) is 0 Å². The average Bonchev–Trinajstić information content (AvgIpc) is 3.35. The number of nitrogen functional groups attached to an aromatic ring is 2. The smallest absolute Gasteiger partial charge is 0.0481 e. The molecule has 66 heavy (non-hydrogen) atoms. The Kier molecular flexibility index (Phi) is 8.70. The number of rotatable bonds is 7. The Balaban J connectivity index is 0.952. The van der Waals surface area contributed by atoms with Crippen LogP contribution < -0.4 is 11.5 Å². The Morgan fingerprint density at radius 1 is 0.318 bits per heavy atom. The van der Waals surface area contributed by atoms with Gasteiger partial charge in [-0.3, -0.25) is 0 Å². The number of hydrogen-bond acceptors (Lipinski definition) is 2. The fourth-order valence-corrected chi connectivity index (χ4v) is 16.4. The SMILES string of the molecule is Nc1c2cc(-c3ccccc3)ccc2c(N)c2c(-c3cc(-c4ccc(C56CC7CC(CC(C7)C5)C6)cc4)cc(-c4ccc(C56CC7CC(CC(C7)C5)C6)cc4)c3)c(-c3ccccc3)ccc12. The Labute approximate surface area is 390 Å². The summed E-state index contributed by atoms with van der Waals surface area (Å²) in [7, 11) is 0. The van der Waals surface area contributed by atoms with Crippen LogP contribution in [0.1, 0.15) is 88.2 Å². The van der Waals surface area contributed by atoms with Crippen LogP contribution in [-0.4, -0.2) is 0 Å². The highest BCUT2D eigenvalue weighted by Gasteiger charge is 2.52. The lowest BCUT2D eigenvalue weighted by atomic mass is 9.48. The molecule has 0 saturated heterocycles. The van der Waals surface area contributed by atoms with Crippen molar-refractivity contribution < 1.29 is 0 Å². The molecule has 0 heterocycles. The van der Waals surface area contributed by atoms with Crippen LogP contribution in [0.2, 0.25) is 0 Å². The summed E-state index contributed by atoms with van der Waals surface area (Å²) in [6.07, 6.45) is 17.1. The van der Waals surface area contributed by atoms with Gasteiger partial charge in [0.05, 0.1) is 0 Å². The lowest BCUT2D eigenvalue weighted by molar-refractivity contribution is -0.00530. The molecule has 8 saturated carbocycles. The van der Waals surface area contributed by atoms with Gasteiger partial charge in [-0.25, -0.2) is 0 Å². The fourth-order valence-electron chi connectivity index (χ4n) is 16.4. The minimum absolute atomic E-state index is 0.369. The van der Waals surface area contributed by atoms with Gasteiger partial charge in [0.15, 0.2) is 0 Å². The highest BCUT2D eigenvalue weighted by atomic mass is 14.6. The summed E-state index contributed by atoms with van der Waals surface area (Å²) in [5.74, 6) is 5.55. The molecule has 0 aromatic heterocycles. The Bertz CT molecular complexity index is 3020. The van der Waals surface area contributed by atoms with Crippen molar-refractivity contribution in [2.24, 2.45) is 35.5 Å². The molecule has 0 atom stereocenters. The molecule has 0 aliphatic heterocycles. The van der Waals surface area contributed by atoms with Gasteiger partial charge in [0, 0.05) is 32.9 Å². The number of anilines is 2. The van der Waals surface area contributed by atoms with Gasteiger partial charge in [-0.1, -0.05) is 133 Å². The van der Waals surface area contributed by atoms with Crippen molar-refractivity contribution in [2.45, 2.75) is 87.9 Å². The molecule has 2 heteroatoms. The topological polar surface area (TPSA) is 52.0 Å². The zero-order valence-corrected chi connectivity index (χ0v) is 38.1. The van der Waals surface area contributed by atoms with Crippen LogP contribution in [0.3, 0.4) is 0 Å². The van der Waals surface area contributed by atoms with Crippen molar-refractivity contribution >= 4 is 32.9 Å². The van der Waals surface area contributed by atoms with Gasteiger partial charge in [0.25, 0.3) is 0 Å². The second kappa shape index (κ2) is 14.7. The van der Waals surface area contributed by atoms with Gasteiger partial charge in [-0.15, -0.1) is 0 Å². The standard InChI is InChI=1S/C64H60N2/c65-61-57-22-21-55(48-9-5-2-6-10-48)59(60(57)62(66)56-20-15-49(32-58(56)61)45-7-3-1-4-8-45)52-30-50(46-11-16-53(17-12-46)63-33-39-23-40(34-63)25-41(24-39)35-63)29-51(31-52)47-13-18-54(19-14-47)64-36-42-26-43(37-64)28-44(27-42)38-64/h1-22,29-32,39-44H,23-28,33-38,65-66H2. The van der Waals surface area contributed by atoms with E-state index in [1.165, 1.54) is 110 Å². The summed E-state index contributed by atoms with van der Waals surface area (Å²) in [4.78, 5) is 0. The maximum Gasteiger partial charge on any atom is 0.0481 e. The first-order valence-electron chi connectivity index (χ1n) is 25.4. The van der Waals surface area contributed by atoms with Crippen molar-refractivity contribution in [3.63, 3.8) is 0 Å². The summed E-state index contributed by atoms with van der Waals surface area (Å²) in [5.41, 5.74) is 32.2. The third-order valence-corrected chi connectivity index (χ3v) is 18.5. The second-order valence-electron chi connectivity index (χ2n) is 22.6. The lowest BCUT2D eigenvalue weighted by Crippen LogP contribution is -2.48. The molecule has 4 N–H and O–H groups in total. The molecule has 8 aliphatic carbocycles. The van der Waals surface area contributed by atoms with Crippen LogP contribution in [0.15, 0.2) is 158 Å². The van der Waals surface area contributed by atoms with Crippen molar-refractivity contribution in [3.8, 4) is 55.6 Å². The monoisotopic (exact) mass is 856 g/mol. The molecule has 8 bridgehead atoms. The second-order valence-corrected chi connectivity index (χ2v) is 22.6. The third kappa shape index (κ3) is 6.19. The minimum atomic E-state index is 0.369. The van der Waals surface area contributed by atoms with Crippen molar-refractivity contribution in [2.75, 3.05) is 11.5 Å². The molecule has 16 rings (SSSR count). The quantitative estimate of drug-likeness (QED) is 0.0953. The van der Waals surface area contributed by atoms with E-state index >= 15 is 0 Å². The molecule has 0 unspecified atom stereocenters. The van der Waals surface area contributed by atoms with Gasteiger partial charge >= 0.3 is 0 Å². The third-order valence-electron chi connectivity index (χ3n) is 18.5. The predicted octanol–water partition coefficient (Wildman–Crippen LogP) is 16.4. The molecule has 0 amide bonds. The Morgan fingerprint density at radius 2 is 0.727 bits per heavy atom. The molecular weight excluding hydrogens is 797 g/mol. The van der Waals surface area contributed by atoms with Crippen LogP contribution in [-0.2, 0) is 10.8 Å². The molecular formula is C64H60N2. The van der Waals surface area contributed by atoms with Crippen LogP contribution >= 0.6 is 0 Å². The van der Waals surface area contributed by atoms with E-state index in [2.05, 4.69) is 158 Å². The summed E-state index contributed by atoms with van der Waals surface area (Å²) < 4.78 is 0. The first kappa shape index (κ1) is 39.1. The summed E-state index contributed by atoms with van der Waals surface area (Å²) in [6.45, 7) is 0. The number of fused-ring (bicyclic) bond motifs is 2. The number of hydrogen-bond donors (Lipinski definition) is 2. The summed E-state index contributed by atoms with van der Waals surface area (Å²) >= 11 is 0. The summed E-state index contributed by atoms with van der Waals surface area (Å²) in [5, 5.41) is 3.99. The highest BCUT2D eigenvalue weighted by Crippen LogP contribution is 2.62. The van der Waals surface area contributed by atoms with E-state index in [-0.39, 0.29) is 0 Å². The normalized spacial score (nSPS) is 28.1. The van der Waals surface area contributed by atoms with Gasteiger partial charge in [0.1, 0.15) is 0 Å². The van der Waals surface area contributed by atoms with Gasteiger partial charge < -0.3 is 11.5 Å². The number of benzene rings is 8. The fraction of sp³-hybridized carbons (Fsp3) is 0.312. The van der Waals surface area contributed by atoms with Crippen molar-refractivity contribution in [1.29, 1.82) is 0 Å². The van der Waals surface area contributed by atoms with E-state index in [9.17, 15) is 0 Å². The van der Waals surface area contributed by atoms with E-state index in [0.717, 1.165) is 90.7 Å². The largest absolute Gasteiger partial charge is 0.398 e. The maximum absolute atomic E-state index is 7.52. The van der Waals surface area contributed by atoms with E-state index in [0.29, 0.717) is 10.8 Å². The maximum atomic E-state index is 7.52. The van der Waals surface area contributed by atoms with E-state index < -0.39 is 0 Å². The molecule has 2 nitrogen and oxygen atoms in total. The van der Waals surface area contributed by atoms with Crippen molar-refractivity contribution in [3.05, 3.63) is 169 Å². The summed E-state index contributed by atoms with van der Waals surface area (Å²) in [6, 6.07) is 59.6. The van der Waals surface area contributed by atoms with Gasteiger partial charge in [-0.05, 0) is 214 Å². The first-order chi connectivity index (χ1) is 32.3. The molecule has 326 valence electrons. The van der Waals surface area contributed by atoms with E-state index in [1.54, 1.807) is 11.1 Å². The molecule has 8 aromatic rings. The van der Waals surface area contributed by atoms with Crippen LogP contribution in [0, 0.1) is 35.5 Å². The molecule has 0 radical (unpaired) electrons. The van der Waals surface area contributed by atoms with E-state index in [1.807, 2.05) is 0 Å². The zero-order chi connectivity index (χ0) is 43.7. The van der Waals surface area contributed by atoms with Gasteiger partial charge in [-0.2, -0.15) is 0 Å². The predicted molar refractivity (Wildman–Crippen MR) is 277 cm³/mol. The van der Waals surface area contributed by atoms with Crippen LogP contribution in [0.4, 0.5) is 11.4 Å². The molecule has 8 aromatic carbocycles. The Morgan fingerprint density at radius 3 is 1.21 bits per heavy atom. The van der Waals surface area contributed by atoms with Crippen LogP contribution in [0.25, 0.3) is 77.2 Å². The minimum Gasteiger partial charge on any atom is -0.398 e. The van der Waals surface area contributed by atoms with Crippen molar-refractivity contribution in [1.82, 2.24) is 0 Å². The average molecular weight is 857 g/mol. The Hall–Kier alpha value is -6.12. The number of nitrogens with two attached hydrogens (primary N) is 2. The zero-order valence-electron chi connectivity index (χ0n) is 38.1. The molecule has 0 spiro atoms. The first-order valence-corrected chi connectivity index (χ1v) is 25.4. The molecule has 8 aliphatic rings. The van der Waals surface area contributed by atoms with Crippen LogP contribution in [0.5, 0.6) is 0 Å². The lowest BCUT2D eigenvalue weighted by Gasteiger charge is -2.57. The highest BCUT2D eigenvalue weighted by molar-refractivity contribution is 6.24.